The number of fused-ring (bicyclic) bond motifs is 1. The Hall–Kier alpha value is -1.51. The van der Waals surface area contributed by atoms with Crippen LogP contribution in [0.3, 0.4) is 0 Å². The van der Waals surface area contributed by atoms with Gasteiger partial charge in [-0.25, -0.2) is 0 Å². The molecule has 0 saturated carbocycles. The average molecular weight is 162 g/mol. The van der Waals surface area contributed by atoms with Crippen LogP contribution in [-0.4, -0.2) is 14.9 Å². The van der Waals surface area contributed by atoms with Crippen LogP contribution in [0.1, 0.15) is 5.56 Å². The SMILES string of the molecule is Cc1cc(O)cc2nn(C)cc12. The van der Waals surface area contributed by atoms with Gasteiger partial charge in [0.2, 0.25) is 0 Å². The topological polar surface area (TPSA) is 38.1 Å². The van der Waals surface area contributed by atoms with E-state index in [1.807, 2.05) is 20.2 Å². The van der Waals surface area contributed by atoms with E-state index in [1.165, 1.54) is 0 Å². The summed E-state index contributed by atoms with van der Waals surface area (Å²) in [5, 5.41) is 14.6. The van der Waals surface area contributed by atoms with Crippen LogP contribution in [0, 0.1) is 6.92 Å². The second kappa shape index (κ2) is 2.24. The highest BCUT2D eigenvalue weighted by molar-refractivity contribution is 5.83. The fourth-order valence-electron chi connectivity index (χ4n) is 1.40. The molecule has 0 aliphatic rings. The Morgan fingerprint density at radius 1 is 1.42 bits per heavy atom. The van der Waals surface area contributed by atoms with Crippen molar-refractivity contribution >= 4 is 10.9 Å². The standard InChI is InChI=1S/C9H10N2O/c1-6-3-7(12)4-9-8(6)5-11(2)10-9/h3-5,12H,1-2H3. The van der Waals surface area contributed by atoms with Gasteiger partial charge in [0.15, 0.2) is 0 Å². The van der Waals surface area contributed by atoms with Crippen LogP contribution in [0.5, 0.6) is 5.75 Å². The van der Waals surface area contributed by atoms with E-state index in [-0.39, 0.29) is 5.75 Å². The summed E-state index contributed by atoms with van der Waals surface area (Å²) in [4.78, 5) is 0. The van der Waals surface area contributed by atoms with Gasteiger partial charge in [-0.3, -0.25) is 4.68 Å². The smallest absolute Gasteiger partial charge is 0.118 e. The van der Waals surface area contributed by atoms with E-state index < -0.39 is 0 Å². The van der Waals surface area contributed by atoms with Crippen LogP contribution >= 0.6 is 0 Å². The molecule has 12 heavy (non-hydrogen) atoms. The van der Waals surface area contributed by atoms with Gasteiger partial charge in [0, 0.05) is 24.7 Å². The minimum absolute atomic E-state index is 0.277. The second-order valence-electron chi connectivity index (χ2n) is 3.00. The zero-order chi connectivity index (χ0) is 8.72. The molecule has 2 aromatic rings. The van der Waals surface area contributed by atoms with Crippen molar-refractivity contribution in [3.05, 3.63) is 23.9 Å². The number of phenols is 1. The van der Waals surface area contributed by atoms with Crippen LogP contribution in [0.15, 0.2) is 18.3 Å². The summed E-state index contributed by atoms with van der Waals surface area (Å²) >= 11 is 0. The Kier molecular flexibility index (Phi) is 1.33. The summed E-state index contributed by atoms with van der Waals surface area (Å²) in [5.41, 5.74) is 1.90. The highest BCUT2D eigenvalue weighted by Crippen LogP contribution is 2.22. The zero-order valence-electron chi connectivity index (χ0n) is 7.07. The van der Waals surface area contributed by atoms with Gasteiger partial charge in [0.1, 0.15) is 5.75 Å². The van der Waals surface area contributed by atoms with Gasteiger partial charge in [0.05, 0.1) is 5.52 Å². The van der Waals surface area contributed by atoms with E-state index in [2.05, 4.69) is 5.10 Å². The molecule has 0 spiro atoms. The van der Waals surface area contributed by atoms with Gasteiger partial charge < -0.3 is 5.11 Å². The molecule has 1 aromatic heterocycles. The van der Waals surface area contributed by atoms with Crippen molar-refractivity contribution in [1.29, 1.82) is 0 Å². The van der Waals surface area contributed by atoms with Crippen LogP contribution in [-0.2, 0) is 7.05 Å². The molecule has 0 aliphatic carbocycles. The number of aromatic nitrogens is 2. The molecule has 62 valence electrons. The normalized spacial score (nSPS) is 10.8. The zero-order valence-corrected chi connectivity index (χ0v) is 7.07. The van der Waals surface area contributed by atoms with Gasteiger partial charge in [-0.1, -0.05) is 0 Å². The van der Waals surface area contributed by atoms with E-state index >= 15 is 0 Å². The van der Waals surface area contributed by atoms with Gasteiger partial charge in [-0.05, 0) is 18.6 Å². The summed E-state index contributed by atoms with van der Waals surface area (Å²) in [5.74, 6) is 0.277. The third-order valence-electron chi connectivity index (χ3n) is 1.93. The first-order valence-corrected chi connectivity index (χ1v) is 3.80. The monoisotopic (exact) mass is 162 g/mol. The Bertz CT molecular complexity index is 431. The van der Waals surface area contributed by atoms with Crippen molar-refractivity contribution in [3.63, 3.8) is 0 Å². The quantitative estimate of drug-likeness (QED) is 0.638. The first-order valence-electron chi connectivity index (χ1n) is 3.80. The summed E-state index contributed by atoms with van der Waals surface area (Å²) < 4.78 is 1.75. The lowest BCUT2D eigenvalue weighted by Gasteiger charge is -1.94. The summed E-state index contributed by atoms with van der Waals surface area (Å²) in [7, 11) is 1.87. The number of aryl methyl sites for hydroxylation is 2. The van der Waals surface area contributed by atoms with Gasteiger partial charge in [0.25, 0.3) is 0 Å². The van der Waals surface area contributed by atoms with Gasteiger partial charge in [-0.2, -0.15) is 5.10 Å². The number of nitrogens with zero attached hydrogens (tertiary/aromatic N) is 2. The summed E-state index contributed by atoms with van der Waals surface area (Å²) in [6, 6.07) is 3.41. The predicted octanol–water partition coefficient (Wildman–Crippen LogP) is 1.59. The highest BCUT2D eigenvalue weighted by Gasteiger charge is 2.02. The maximum absolute atomic E-state index is 9.27. The van der Waals surface area contributed by atoms with Crippen LogP contribution in [0.2, 0.25) is 0 Å². The highest BCUT2D eigenvalue weighted by atomic mass is 16.3. The maximum Gasteiger partial charge on any atom is 0.118 e. The number of phenolic OH excluding ortho intramolecular Hbond substituents is 1. The molecule has 2 rings (SSSR count). The van der Waals surface area contributed by atoms with E-state index in [9.17, 15) is 5.11 Å². The molecule has 0 unspecified atom stereocenters. The predicted molar refractivity (Wildman–Crippen MR) is 47.1 cm³/mol. The van der Waals surface area contributed by atoms with E-state index in [0.717, 1.165) is 16.5 Å². The maximum atomic E-state index is 9.27. The molecule has 1 heterocycles. The van der Waals surface area contributed by atoms with Crippen molar-refractivity contribution in [2.75, 3.05) is 0 Å². The average Bonchev–Trinajstić information content (AvgIpc) is 2.29. The first kappa shape index (κ1) is 7.16. The molecule has 3 nitrogen and oxygen atoms in total. The van der Waals surface area contributed by atoms with Crippen LogP contribution in [0.25, 0.3) is 10.9 Å². The molecular formula is C9H10N2O. The molecule has 0 radical (unpaired) electrons. The molecule has 1 N–H and O–H groups in total. The number of aromatic hydroxyl groups is 1. The Morgan fingerprint density at radius 2 is 2.17 bits per heavy atom. The van der Waals surface area contributed by atoms with Crippen molar-refractivity contribution in [3.8, 4) is 5.75 Å². The molecule has 0 saturated heterocycles. The Morgan fingerprint density at radius 3 is 2.92 bits per heavy atom. The molecule has 1 aromatic carbocycles. The fourth-order valence-corrected chi connectivity index (χ4v) is 1.40. The largest absolute Gasteiger partial charge is 0.508 e. The number of benzene rings is 1. The van der Waals surface area contributed by atoms with Crippen LogP contribution in [0.4, 0.5) is 0 Å². The van der Waals surface area contributed by atoms with Gasteiger partial charge >= 0.3 is 0 Å². The number of rotatable bonds is 0. The molecule has 0 amide bonds. The molecule has 0 fully saturated rings. The molecule has 0 bridgehead atoms. The minimum Gasteiger partial charge on any atom is -0.508 e. The van der Waals surface area contributed by atoms with E-state index in [0.29, 0.717) is 0 Å². The summed E-state index contributed by atoms with van der Waals surface area (Å²) in [6.45, 7) is 1.96. The number of hydrogen-bond acceptors (Lipinski definition) is 2. The van der Waals surface area contributed by atoms with Crippen molar-refractivity contribution in [2.24, 2.45) is 7.05 Å². The lowest BCUT2D eigenvalue weighted by Crippen LogP contribution is -1.84. The fraction of sp³-hybridized carbons (Fsp3) is 0.222. The van der Waals surface area contributed by atoms with E-state index in [4.69, 9.17) is 0 Å². The van der Waals surface area contributed by atoms with Crippen molar-refractivity contribution in [1.82, 2.24) is 9.78 Å². The molecular weight excluding hydrogens is 152 g/mol. The van der Waals surface area contributed by atoms with Crippen molar-refractivity contribution in [2.45, 2.75) is 6.92 Å². The number of hydrogen-bond donors (Lipinski definition) is 1. The molecule has 3 heteroatoms. The third kappa shape index (κ3) is 0.942. The van der Waals surface area contributed by atoms with Crippen molar-refractivity contribution < 1.29 is 5.11 Å². The Labute approximate surface area is 70.2 Å². The van der Waals surface area contributed by atoms with Gasteiger partial charge in [-0.15, -0.1) is 0 Å². The Balaban J connectivity index is 2.88. The minimum atomic E-state index is 0.277. The lowest BCUT2D eigenvalue weighted by molar-refractivity contribution is 0.475. The molecule has 0 aliphatic heterocycles. The molecule has 0 atom stereocenters. The lowest BCUT2D eigenvalue weighted by atomic mass is 10.1. The van der Waals surface area contributed by atoms with Crippen LogP contribution < -0.4 is 0 Å². The third-order valence-corrected chi connectivity index (χ3v) is 1.93. The summed E-state index contributed by atoms with van der Waals surface area (Å²) in [6.07, 6.45) is 1.95. The second-order valence-corrected chi connectivity index (χ2v) is 3.00. The first-order chi connectivity index (χ1) is 5.66. The van der Waals surface area contributed by atoms with E-state index in [1.54, 1.807) is 16.8 Å².